The Balaban J connectivity index is 1.07. The molecule has 11 aromatic rings. The molecular formula is C55H36S. The van der Waals surface area contributed by atoms with Gasteiger partial charge in [0.1, 0.15) is 0 Å². The van der Waals surface area contributed by atoms with Crippen LogP contribution in [0.3, 0.4) is 0 Å². The highest BCUT2D eigenvalue weighted by Crippen LogP contribution is 2.57. The van der Waals surface area contributed by atoms with E-state index in [1.54, 1.807) is 0 Å². The molecule has 0 saturated heterocycles. The predicted molar refractivity (Wildman–Crippen MR) is 243 cm³/mol. The van der Waals surface area contributed by atoms with E-state index in [0.29, 0.717) is 0 Å². The molecule has 1 aliphatic rings. The molecule has 0 atom stereocenters. The second-order valence-electron chi connectivity index (χ2n) is 16.0. The molecule has 1 heterocycles. The summed E-state index contributed by atoms with van der Waals surface area (Å²) in [6.45, 7) is 4.85. The van der Waals surface area contributed by atoms with Gasteiger partial charge in [-0.2, -0.15) is 0 Å². The Morgan fingerprint density at radius 2 is 0.893 bits per heavy atom. The molecule has 0 nitrogen and oxygen atoms in total. The maximum Gasteiger partial charge on any atom is 0.0437 e. The Labute approximate surface area is 329 Å². The molecule has 0 saturated carbocycles. The molecule has 0 unspecified atom stereocenters. The average molecular weight is 729 g/mol. The quantitative estimate of drug-likeness (QED) is 0.159. The summed E-state index contributed by atoms with van der Waals surface area (Å²) in [5.41, 5.74) is 13.0. The zero-order chi connectivity index (χ0) is 37.1. The maximum atomic E-state index is 2.48. The molecule has 0 bridgehead atoms. The highest BCUT2D eigenvalue weighted by atomic mass is 32.1. The van der Waals surface area contributed by atoms with Crippen LogP contribution < -0.4 is 0 Å². The van der Waals surface area contributed by atoms with Crippen LogP contribution >= 0.6 is 11.3 Å². The van der Waals surface area contributed by atoms with Crippen molar-refractivity contribution < 1.29 is 0 Å². The topological polar surface area (TPSA) is 0 Å². The van der Waals surface area contributed by atoms with Gasteiger partial charge >= 0.3 is 0 Å². The van der Waals surface area contributed by atoms with E-state index >= 15 is 0 Å². The van der Waals surface area contributed by atoms with E-state index in [-0.39, 0.29) is 5.41 Å². The van der Waals surface area contributed by atoms with Gasteiger partial charge in [-0.1, -0.05) is 172 Å². The predicted octanol–water partition coefficient (Wildman–Crippen LogP) is 16.0. The van der Waals surface area contributed by atoms with E-state index in [1.807, 2.05) is 11.3 Å². The van der Waals surface area contributed by atoms with Crippen molar-refractivity contribution >= 4 is 74.6 Å². The first kappa shape index (κ1) is 31.8. The molecule has 56 heavy (non-hydrogen) atoms. The fourth-order valence-electron chi connectivity index (χ4n) is 10.1. The molecule has 0 N–H and O–H groups in total. The third-order valence-electron chi connectivity index (χ3n) is 12.6. The number of hydrogen-bond donors (Lipinski definition) is 0. The van der Waals surface area contributed by atoms with Crippen LogP contribution in [-0.4, -0.2) is 0 Å². The smallest absolute Gasteiger partial charge is 0.0437 e. The molecule has 0 fully saturated rings. The zero-order valence-electron chi connectivity index (χ0n) is 31.2. The largest absolute Gasteiger partial charge is 0.135 e. The standard InChI is InChI=1S/C55H36S/c1-55(2)47-29-28-36(32-46(47)51-43-22-9-10-23-44(43)54-52(53(51)55)45-24-11-12-25-48(45)56-54)35-16-13-17-37(31-35)49-39-18-5-7-20-41(39)50(42-21-8-6-19-40(42)49)38-27-26-33-14-3-4-15-34(33)30-38/h3-32H,1-2H3. The molecule has 0 aliphatic heterocycles. The molecule has 10 aromatic carbocycles. The molecule has 12 rings (SSSR count). The number of rotatable bonds is 3. The van der Waals surface area contributed by atoms with Gasteiger partial charge in [0, 0.05) is 31.0 Å². The van der Waals surface area contributed by atoms with E-state index in [2.05, 4.69) is 196 Å². The minimum Gasteiger partial charge on any atom is -0.135 e. The third kappa shape index (κ3) is 4.41. The number of benzene rings is 10. The fraction of sp³-hybridized carbons (Fsp3) is 0.0545. The molecule has 0 spiro atoms. The molecule has 1 aromatic heterocycles. The van der Waals surface area contributed by atoms with Crippen molar-refractivity contribution in [3.05, 3.63) is 193 Å². The third-order valence-corrected chi connectivity index (χ3v) is 13.8. The highest BCUT2D eigenvalue weighted by Gasteiger charge is 2.39. The van der Waals surface area contributed by atoms with Gasteiger partial charge in [0.15, 0.2) is 0 Å². The summed E-state index contributed by atoms with van der Waals surface area (Å²) in [6.07, 6.45) is 0. The lowest BCUT2D eigenvalue weighted by molar-refractivity contribution is 0.667. The summed E-state index contributed by atoms with van der Waals surface area (Å²) < 4.78 is 2.76. The van der Waals surface area contributed by atoms with Gasteiger partial charge in [-0.15, -0.1) is 11.3 Å². The first-order chi connectivity index (χ1) is 27.5. The second-order valence-corrected chi connectivity index (χ2v) is 17.0. The van der Waals surface area contributed by atoms with E-state index < -0.39 is 0 Å². The van der Waals surface area contributed by atoms with E-state index in [4.69, 9.17) is 0 Å². The minimum absolute atomic E-state index is 0.137. The van der Waals surface area contributed by atoms with Gasteiger partial charge in [-0.3, -0.25) is 0 Å². The number of hydrogen-bond acceptors (Lipinski definition) is 1. The monoisotopic (exact) mass is 728 g/mol. The van der Waals surface area contributed by atoms with Crippen LogP contribution in [0.2, 0.25) is 0 Å². The van der Waals surface area contributed by atoms with Crippen LogP contribution in [0.15, 0.2) is 182 Å². The molecule has 0 amide bonds. The summed E-state index contributed by atoms with van der Waals surface area (Å²) in [6, 6.07) is 68.1. The average Bonchev–Trinajstić information content (AvgIpc) is 3.74. The van der Waals surface area contributed by atoms with Gasteiger partial charge in [0.2, 0.25) is 0 Å². The normalized spacial score (nSPS) is 13.3. The Morgan fingerprint density at radius 3 is 1.59 bits per heavy atom. The summed E-state index contributed by atoms with van der Waals surface area (Å²) in [7, 11) is 0. The van der Waals surface area contributed by atoms with Crippen LogP contribution in [0, 0.1) is 0 Å². The highest BCUT2D eigenvalue weighted by molar-refractivity contribution is 7.26. The lowest BCUT2D eigenvalue weighted by Gasteiger charge is -2.23. The van der Waals surface area contributed by atoms with Crippen LogP contribution in [0.5, 0.6) is 0 Å². The van der Waals surface area contributed by atoms with Gasteiger partial charge < -0.3 is 0 Å². The Hall–Kier alpha value is -6.54. The Kier molecular flexibility index (Phi) is 6.66. The zero-order valence-corrected chi connectivity index (χ0v) is 32.0. The van der Waals surface area contributed by atoms with Crippen molar-refractivity contribution in [3.8, 4) is 44.5 Å². The van der Waals surface area contributed by atoms with Gasteiger partial charge in [-0.25, -0.2) is 0 Å². The SMILES string of the molecule is CC1(C)c2ccc(-c3cccc(-c4c5ccccc5c(-c5ccc6ccccc6c5)c5ccccc45)c3)cc2-c2c1c1c3ccccc3sc1c1ccccc21. The molecule has 0 radical (unpaired) electrons. The number of fused-ring (bicyclic) bond motifs is 13. The summed E-state index contributed by atoms with van der Waals surface area (Å²) >= 11 is 1.94. The van der Waals surface area contributed by atoms with Crippen molar-refractivity contribution in [1.29, 1.82) is 0 Å². The first-order valence-corrected chi connectivity index (χ1v) is 20.4. The fourth-order valence-corrected chi connectivity index (χ4v) is 11.4. The van der Waals surface area contributed by atoms with Crippen molar-refractivity contribution in [3.63, 3.8) is 0 Å². The summed E-state index contributed by atoms with van der Waals surface area (Å²) in [5.74, 6) is 0. The summed E-state index contributed by atoms with van der Waals surface area (Å²) in [4.78, 5) is 0. The van der Waals surface area contributed by atoms with E-state index in [1.165, 1.54) is 119 Å². The van der Waals surface area contributed by atoms with Crippen LogP contribution in [0.1, 0.15) is 25.0 Å². The van der Waals surface area contributed by atoms with Crippen LogP contribution in [-0.2, 0) is 5.41 Å². The Morgan fingerprint density at radius 1 is 0.375 bits per heavy atom. The van der Waals surface area contributed by atoms with Crippen molar-refractivity contribution in [2.45, 2.75) is 19.3 Å². The molecular weight excluding hydrogens is 693 g/mol. The molecule has 262 valence electrons. The van der Waals surface area contributed by atoms with E-state index in [0.717, 1.165) is 0 Å². The minimum atomic E-state index is -0.137. The van der Waals surface area contributed by atoms with Gasteiger partial charge in [-0.05, 0) is 118 Å². The number of thiophene rings is 1. The summed E-state index contributed by atoms with van der Waals surface area (Å²) in [5, 5.41) is 13.1. The van der Waals surface area contributed by atoms with Crippen LogP contribution in [0.4, 0.5) is 0 Å². The Bertz CT molecular complexity index is 3390. The second kappa shape index (κ2) is 11.7. The van der Waals surface area contributed by atoms with Crippen molar-refractivity contribution in [2.75, 3.05) is 0 Å². The van der Waals surface area contributed by atoms with Crippen LogP contribution in [0.25, 0.3) is 108 Å². The molecule has 1 aliphatic carbocycles. The molecule has 1 heteroatoms. The lowest BCUT2D eigenvalue weighted by Crippen LogP contribution is -2.15. The van der Waals surface area contributed by atoms with E-state index in [9.17, 15) is 0 Å². The van der Waals surface area contributed by atoms with Gasteiger partial charge in [0.05, 0.1) is 0 Å². The van der Waals surface area contributed by atoms with Crippen molar-refractivity contribution in [1.82, 2.24) is 0 Å². The van der Waals surface area contributed by atoms with Gasteiger partial charge in [0.25, 0.3) is 0 Å². The van der Waals surface area contributed by atoms with Crippen molar-refractivity contribution in [2.24, 2.45) is 0 Å². The maximum absolute atomic E-state index is 2.48. The lowest BCUT2D eigenvalue weighted by atomic mass is 9.79. The first-order valence-electron chi connectivity index (χ1n) is 19.6.